The molecule has 0 bridgehead atoms. The molecule has 142 valence electrons. The molecule has 0 saturated heterocycles. The molecule has 28 heavy (non-hydrogen) atoms. The van der Waals surface area contributed by atoms with Gasteiger partial charge in [-0.15, -0.1) is 0 Å². The van der Waals surface area contributed by atoms with E-state index < -0.39 is 5.56 Å². The van der Waals surface area contributed by atoms with Gasteiger partial charge in [-0.25, -0.2) is 4.98 Å². The molecule has 4 aromatic rings. The van der Waals surface area contributed by atoms with Crippen molar-refractivity contribution in [2.75, 3.05) is 5.32 Å². The molecule has 0 spiro atoms. The molecule has 0 fully saturated rings. The van der Waals surface area contributed by atoms with Crippen molar-refractivity contribution in [1.29, 1.82) is 0 Å². The lowest BCUT2D eigenvalue weighted by atomic mass is 10.2. The van der Waals surface area contributed by atoms with Crippen LogP contribution in [0, 0.1) is 6.92 Å². The number of nitrogens with zero attached hydrogens (tertiary/aromatic N) is 4. The Hall–Kier alpha value is -2.54. The van der Waals surface area contributed by atoms with Gasteiger partial charge in [0.25, 0.3) is 5.56 Å². The number of pyridine rings is 1. The van der Waals surface area contributed by atoms with Gasteiger partial charge in [0.05, 0.1) is 39.9 Å². The average Bonchev–Trinajstić information content (AvgIpc) is 3.10. The fourth-order valence-electron chi connectivity index (χ4n) is 2.85. The Morgan fingerprint density at radius 1 is 1.11 bits per heavy atom. The van der Waals surface area contributed by atoms with Gasteiger partial charge in [-0.2, -0.15) is 9.78 Å². The van der Waals surface area contributed by atoms with Gasteiger partial charge in [0.1, 0.15) is 10.7 Å². The van der Waals surface area contributed by atoms with Crippen LogP contribution in [0.3, 0.4) is 0 Å². The van der Waals surface area contributed by atoms with Crippen LogP contribution in [0.15, 0.2) is 53.6 Å². The largest absolute Gasteiger partial charge is 0.378 e. The molecule has 9 heteroatoms. The first-order chi connectivity index (χ1) is 13.4. The van der Waals surface area contributed by atoms with Gasteiger partial charge in [-0.05, 0) is 37.3 Å². The standard InChI is InChI=1S/C19H14Cl3N5O/c1-11-3-2-4-17-25-12(10-26(11)17)8-23-16-6-5-13(7-14(16)20)27-19(28)18(22)15(21)9-24-27/h2-7,9-10,23H,8H2,1H3. The van der Waals surface area contributed by atoms with Crippen molar-refractivity contribution in [3.8, 4) is 5.69 Å². The molecular weight excluding hydrogens is 421 g/mol. The first kappa shape index (κ1) is 18.8. The van der Waals surface area contributed by atoms with Crippen LogP contribution in [0.25, 0.3) is 11.3 Å². The predicted molar refractivity (Wildman–Crippen MR) is 112 cm³/mol. The molecule has 0 radical (unpaired) electrons. The third kappa shape index (κ3) is 3.46. The monoisotopic (exact) mass is 433 g/mol. The zero-order chi connectivity index (χ0) is 19.8. The lowest BCUT2D eigenvalue weighted by Gasteiger charge is -2.10. The molecule has 0 unspecified atom stereocenters. The number of hydrogen-bond donors (Lipinski definition) is 1. The highest BCUT2D eigenvalue weighted by atomic mass is 35.5. The topological polar surface area (TPSA) is 64.2 Å². The summed E-state index contributed by atoms with van der Waals surface area (Å²) in [6, 6.07) is 11.1. The predicted octanol–water partition coefficient (Wildman–Crippen LogP) is 4.76. The Labute approximate surface area is 175 Å². The first-order valence-electron chi connectivity index (χ1n) is 8.35. The molecule has 0 atom stereocenters. The first-order valence-corrected chi connectivity index (χ1v) is 9.48. The zero-order valence-corrected chi connectivity index (χ0v) is 16.9. The number of hydrogen-bond acceptors (Lipinski definition) is 4. The molecule has 3 aromatic heterocycles. The Balaban J connectivity index is 1.57. The summed E-state index contributed by atoms with van der Waals surface area (Å²) >= 11 is 18.1. The summed E-state index contributed by atoms with van der Waals surface area (Å²) in [6.45, 7) is 2.53. The molecule has 0 amide bonds. The number of anilines is 1. The van der Waals surface area contributed by atoms with E-state index in [-0.39, 0.29) is 10.0 Å². The second-order valence-electron chi connectivity index (χ2n) is 6.17. The second-order valence-corrected chi connectivity index (χ2v) is 7.36. The highest BCUT2D eigenvalue weighted by Crippen LogP contribution is 2.25. The minimum absolute atomic E-state index is 0.0860. The zero-order valence-electron chi connectivity index (χ0n) is 14.7. The van der Waals surface area contributed by atoms with Crippen LogP contribution in [0.4, 0.5) is 5.69 Å². The summed E-state index contributed by atoms with van der Waals surface area (Å²) in [5, 5.41) is 7.72. The summed E-state index contributed by atoms with van der Waals surface area (Å²) in [4.78, 5) is 16.8. The number of halogens is 3. The van der Waals surface area contributed by atoms with E-state index in [4.69, 9.17) is 34.8 Å². The van der Waals surface area contributed by atoms with Crippen LogP contribution in [0.5, 0.6) is 0 Å². The number of aromatic nitrogens is 4. The molecule has 3 heterocycles. The molecule has 0 saturated carbocycles. The smallest absolute Gasteiger partial charge is 0.291 e. The third-order valence-electron chi connectivity index (χ3n) is 4.28. The van der Waals surface area contributed by atoms with Gasteiger partial charge in [-0.3, -0.25) is 4.79 Å². The van der Waals surface area contributed by atoms with Crippen LogP contribution in [-0.2, 0) is 6.54 Å². The Morgan fingerprint density at radius 2 is 1.93 bits per heavy atom. The van der Waals surface area contributed by atoms with Crippen molar-refractivity contribution in [1.82, 2.24) is 19.2 Å². The summed E-state index contributed by atoms with van der Waals surface area (Å²) in [5.74, 6) is 0. The van der Waals surface area contributed by atoms with E-state index in [1.54, 1.807) is 18.2 Å². The quantitative estimate of drug-likeness (QED) is 0.503. The number of imidazole rings is 1. The van der Waals surface area contributed by atoms with E-state index in [1.165, 1.54) is 6.20 Å². The van der Waals surface area contributed by atoms with Crippen molar-refractivity contribution in [3.63, 3.8) is 0 Å². The van der Waals surface area contributed by atoms with Gasteiger partial charge >= 0.3 is 0 Å². The van der Waals surface area contributed by atoms with Gasteiger partial charge in [0.15, 0.2) is 0 Å². The van der Waals surface area contributed by atoms with E-state index in [0.717, 1.165) is 21.7 Å². The van der Waals surface area contributed by atoms with E-state index in [2.05, 4.69) is 15.4 Å². The number of fused-ring (bicyclic) bond motifs is 1. The van der Waals surface area contributed by atoms with E-state index in [0.29, 0.717) is 22.9 Å². The maximum absolute atomic E-state index is 12.2. The highest BCUT2D eigenvalue weighted by molar-refractivity contribution is 6.41. The fraction of sp³-hybridized carbons (Fsp3) is 0.105. The van der Waals surface area contributed by atoms with Gasteiger partial charge < -0.3 is 9.72 Å². The Morgan fingerprint density at radius 3 is 2.68 bits per heavy atom. The van der Waals surface area contributed by atoms with E-state index in [9.17, 15) is 4.79 Å². The molecule has 1 N–H and O–H groups in total. The van der Waals surface area contributed by atoms with Crippen molar-refractivity contribution < 1.29 is 0 Å². The summed E-state index contributed by atoms with van der Waals surface area (Å²) in [6.07, 6.45) is 3.30. The minimum atomic E-state index is -0.508. The summed E-state index contributed by atoms with van der Waals surface area (Å²) in [7, 11) is 0. The number of aryl methyl sites for hydroxylation is 1. The van der Waals surface area contributed by atoms with Crippen LogP contribution in [0.2, 0.25) is 15.1 Å². The summed E-state index contributed by atoms with van der Waals surface area (Å²) < 4.78 is 3.18. The lowest BCUT2D eigenvalue weighted by Crippen LogP contribution is -2.21. The number of benzene rings is 1. The van der Waals surface area contributed by atoms with E-state index >= 15 is 0 Å². The number of rotatable bonds is 4. The van der Waals surface area contributed by atoms with Gasteiger partial charge in [-0.1, -0.05) is 40.9 Å². The van der Waals surface area contributed by atoms with Crippen LogP contribution in [-0.4, -0.2) is 19.2 Å². The van der Waals surface area contributed by atoms with Crippen LogP contribution in [0.1, 0.15) is 11.4 Å². The van der Waals surface area contributed by atoms with Crippen LogP contribution >= 0.6 is 34.8 Å². The van der Waals surface area contributed by atoms with Crippen molar-refractivity contribution in [2.45, 2.75) is 13.5 Å². The minimum Gasteiger partial charge on any atom is -0.378 e. The SMILES string of the molecule is Cc1cccc2nc(CNc3ccc(-n4ncc(Cl)c(Cl)c4=O)cc3Cl)cn12. The molecule has 6 nitrogen and oxygen atoms in total. The highest BCUT2D eigenvalue weighted by Gasteiger charge is 2.11. The van der Waals surface area contributed by atoms with E-state index in [1.807, 2.05) is 35.7 Å². The Kier molecular flexibility index (Phi) is 5.02. The van der Waals surface area contributed by atoms with Crippen molar-refractivity contribution in [2.24, 2.45) is 0 Å². The molecule has 4 rings (SSSR count). The maximum Gasteiger partial charge on any atom is 0.291 e. The maximum atomic E-state index is 12.2. The van der Waals surface area contributed by atoms with Gasteiger partial charge in [0.2, 0.25) is 0 Å². The lowest BCUT2D eigenvalue weighted by molar-refractivity contribution is 0.807. The number of nitrogens with one attached hydrogen (secondary N) is 1. The van der Waals surface area contributed by atoms with Crippen LogP contribution < -0.4 is 10.9 Å². The summed E-state index contributed by atoms with van der Waals surface area (Å²) in [5.41, 5.74) is 3.58. The van der Waals surface area contributed by atoms with Gasteiger partial charge in [0, 0.05) is 11.9 Å². The Bertz CT molecular complexity index is 1250. The third-order valence-corrected chi connectivity index (χ3v) is 5.34. The van der Waals surface area contributed by atoms with Crippen molar-refractivity contribution in [3.05, 3.63) is 85.6 Å². The fourth-order valence-corrected chi connectivity index (χ4v) is 3.34. The second kappa shape index (κ2) is 7.47. The molecular formula is C19H14Cl3N5O. The average molecular weight is 435 g/mol. The molecule has 0 aliphatic rings. The van der Waals surface area contributed by atoms with Crippen molar-refractivity contribution >= 4 is 46.1 Å². The molecule has 0 aliphatic heterocycles. The normalized spacial score (nSPS) is 11.1. The molecule has 1 aromatic carbocycles. The molecule has 0 aliphatic carbocycles.